The number of aryl methyl sites for hydroxylation is 2. The molecule has 4 heteroatoms. The summed E-state index contributed by atoms with van der Waals surface area (Å²) in [5.74, 6) is 0.566. The predicted octanol–water partition coefficient (Wildman–Crippen LogP) is 3.73. The molecular weight excluding hydrogens is 332 g/mol. The lowest BCUT2D eigenvalue weighted by molar-refractivity contribution is 0.399. The molecule has 1 fully saturated rings. The van der Waals surface area contributed by atoms with Gasteiger partial charge >= 0.3 is 0 Å². The van der Waals surface area contributed by atoms with E-state index < -0.39 is 0 Å². The summed E-state index contributed by atoms with van der Waals surface area (Å²) in [7, 11) is 4.23. The van der Waals surface area contributed by atoms with Crippen LogP contribution in [0, 0.1) is 13.8 Å². The molecule has 146 valence electrons. The van der Waals surface area contributed by atoms with Gasteiger partial charge in [0.15, 0.2) is 0 Å². The minimum Gasteiger partial charge on any atom is -0.371 e. The first kappa shape index (κ1) is 19.8. The first-order valence-electron chi connectivity index (χ1n) is 10.2. The zero-order valence-electron chi connectivity index (χ0n) is 17.3. The fraction of sp³-hybridized carbons (Fsp3) is 0.522. The van der Waals surface area contributed by atoms with Crippen molar-refractivity contribution in [2.24, 2.45) is 0 Å². The molecule has 0 spiro atoms. The second-order valence-electron chi connectivity index (χ2n) is 8.08. The number of nitrogens with one attached hydrogen (secondary N) is 1. The Morgan fingerprint density at radius 2 is 1.89 bits per heavy atom. The third kappa shape index (κ3) is 5.53. The lowest BCUT2D eigenvalue weighted by Crippen LogP contribution is -2.33. The summed E-state index contributed by atoms with van der Waals surface area (Å²) in [6.07, 6.45) is 2.35. The van der Waals surface area contributed by atoms with Gasteiger partial charge in [-0.2, -0.15) is 0 Å². The Morgan fingerprint density at radius 3 is 2.59 bits per heavy atom. The van der Waals surface area contributed by atoms with Crippen LogP contribution in [-0.2, 0) is 6.54 Å². The van der Waals surface area contributed by atoms with Crippen molar-refractivity contribution in [3.63, 3.8) is 0 Å². The molecule has 4 nitrogen and oxygen atoms in total. The number of nitrogens with zero attached hydrogens (tertiary/aromatic N) is 3. The van der Waals surface area contributed by atoms with Crippen LogP contribution in [-0.4, -0.2) is 50.2 Å². The Bertz CT molecular complexity index is 733. The fourth-order valence-corrected chi connectivity index (χ4v) is 3.87. The molecule has 0 aliphatic carbocycles. The molecule has 1 saturated heterocycles. The normalized spacial score (nSPS) is 15.5. The van der Waals surface area contributed by atoms with Crippen LogP contribution in [0.5, 0.6) is 0 Å². The summed E-state index contributed by atoms with van der Waals surface area (Å²) in [5, 5.41) is 3.58. The van der Waals surface area contributed by atoms with Gasteiger partial charge in [0.2, 0.25) is 0 Å². The highest BCUT2D eigenvalue weighted by Gasteiger charge is 2.24. The molecule has 0 amide bonds. The molecule has 0 atom stereocenters. The minimum absolute atomic E-state index is 0.566. The van der Waals surface area contributed by atoms with Gasteiger partial charge in [-0.1, -0.05) is 18.2 Å². The van der Waals surface area contributed by atoms with Crippen molar-refractivity contribution in [2.75, 3.05) is 45.2 Å². The van der Waals surface area contributed by atoms with E-state index in [-0.39, 0.29) is 0 Å². The largest absolute Gasteiger partial charge is 0.371 e. The SMILES string of the molecule is Cc1cccc(N2CCC(c3nc(C)ccc3CNCCN(C)C)CC2)c1. The van der Waals surface area contributed by atoms with Crippen LogP contribution in [0.3, 0.4) is 0 Å². The minimum atomic E-state index is 0.566. The quantitative estimate of drug-likeness (QED) is 0.757. The predicted molar refractivity (Wildman–Crippen MR) is 115 cm³/mol. The van der Waals surface area contributed by atoms with Crippen LogP contribution >= 0.6 is 0 Å². The van der Waals surface area contributed by atoms with Gasteiger partial charge in [-0.3, -0.25) is 4.98 Å². The van der Waals surface area contributed by atoms with E-state index in [9.17, 15) is 0 Å². The van der Waals surface area contributed by atoms with Gasteiger partial charge in [-0.15, -0.1) is 0 Å². The average molecular weight is 367 g/mol. The van der Waals surface area contributed by atoms with Crippen molar-refractivity contribution < 1.29 is 0 Å². The van der Waals surface area contributed by atoms with Crippen molar-refractivity contribution in [3.05, 3.63) is 58.9 Å². The zero-order valence-corrected chi connectivity index (χ0v) is 17.3. The molecule has 1 aliphatic rings. The number of anilines is 1. The Kier molecular flexibility index (Phi) is 6.86. The number of aromatic nitrogens is 1. The van der Waals surface area contributed by atoms with Crippen LogP contribution in [0.1, 0.15) is 41.3 Å². The Morgan fingerprint density at radius 1 is 1.11 bits per heavy atom. The molecule has 0 unspecified atom stereocenters. The lowest BCUT2D eigenvalue weighted by atomic mass is 9.89. The van der Waals surface area contributed by atoms with Gasteiger partial charge in [0.25, 0.3) is 0 Å². The summed E-state index contributed by atoms with van der Waals surface area (Å²) in [6.45, 7) is 9.47. The summed E-state index contributed by atoms with van der Waals surface area (Å²) < 4.78 is 0. The number of hydrogen-bond donors (Lipinski definition) is 1. The van der Waals surface area contributed by atoms with Crippen LogP contribution in [0.25, 0.3) is 0 Å². The second kappa shape index (κ2) is 9.34. The molecular formula is C23H34N4. The van der Waals surface area contributed by atoms with E-state index in [1.807, 2.05) is 0 Å². The standard InChI is InChI=1S/C23H34N4/c1-18-6-5-7-22(16-18)27-13-10-20(11-14-27)23-21(9-8-19(2)25-23)17-24-12-15-26(3)4/h5-9,16,20,24H,10-15,17H2,1-4H3. The molecule has 3 rings (SSSR count). The van der Waals surface area contributed by atoms with E-state index in [2.05, 4.69) is 79.5 Å². The molecule has 27 heavy (non-hydrogen) atoms. The topological polar surface area (TPSA) is 31.4 Å². The van der Waals surface area contributed by atoms with Crippen LogP contribution in [0.15, 0.2) is 36.4 Å². The fourth-order valence-electron chi connectivity index (χ4n) is 3.87. The van der Waals surface area contributed by atoms with E-state index in [0.717, 1.165) is 38.4 Å². The van der Waals surface area contributed by atoms with E-state index in [1.54, 1.807) is 0 Å². The van der Waals surface area contributed by atoms with Crippen molar-refractivity contribution in [2.45, 2.75) is 39.2 Å². The van der Waals surface area contributed by atoms with E-state index in [1.165, 1.54) is 35.3 Å². The summed E-state index contributed by atoms with van der Waals surface area (Å²) in [4.78, 5) is 9.69. The number of hydrogen-bond acceptors (Lipinski definition) is 4. The van der Waals surface area contributed by atoms with E-state index in [4.69, 9.17) is 4.98 Å². The first-order valence-corrected chi connectivity index (χ1v) is 10.2. The second-order valence-corrected chi connectivity index (χ2v) is 8.08. The zero-order chi connectivity index (χ0) is 19.2. The maximum atomic E-state index is 4.95. The molecule has 0 radical (unpaired) electrons. The maximum Gasteiger partial charge on any atom is 0.0483 e. The molecule has 1 aliphatic heterocycles. The number of benzene rings is 1. The monoisotopic (exact) mass is 366 g/mol. The number of piperidine rings is 1. The Balaban J connectivity index is 1.63. The van der Waals surface area contributed by atoms with Crippen LogP contribution in [0.2, 0.25) is 0 Å². The molecule has 2 aromatic rings. The van der Waals surface area contributed by atoms with Gasteiger partial charge in [0.05, 0.1) is 0 Å². The number of pyridine rings is 1. The van der Waals surface area contributed by atoms with Gasteiger partial charge in [0.1, 0.15) is 0 Å². The Labute approximate surface area is 164 Å². The highest BCUT2D eigenvalue weighted by atomic mass is 15.1. The Hall–Kier alpha value is -1.91. The van der Waals surface area contributed by atoms with Crippen molar-refractivity contribution in [1.82, 2.24) is 15.2 Å². The first-order chi connectivity index (χ1) is 13.0. The summed E-state index contributed by atoms with van der Waals surface area (Å²) in [6, 6.07) is 13.3. The third-order valence-corrected chi connectivity index (χ3v) is 5.45. The molecule has 0 saturated carbocycles. The smallest absolute Gasteiger partial charge is 0.0483 e. The highest BCUT2D eigenvalue weighted by Crippen LogP contribution is 2.31. The van der Waals surface area contributed by atoms with Crippen molar-refractivity contribution in [1.29, 1.82) is 0 Å². The van der Waals surface area contributed by atoms with Crippen LogP contribution < -0.4 is 10.2 Å². The summed E-state index contributed by atoms with van der Waals surface area (Å²) >= 11 is 0. The number of likely N-dealkylation sites (N-methyl/N-ethyl adjacent to an activating group) is 1. The number of rotatable bonds is 7. The van der Waals surface area contributed by atoms with Gasteiger partial charge in [-0.25, -0.2) is 0 Å². The van der Waals surface area contributed by atoms with Crippen molar-refractivity contribution in [3.8, 4) is 0 Å². The molecule has 1 aromatic carbocycles. The third-order valence-electron chi connectivity index (χ3n) is 5.45. The maximum absolute atomic E-state index is 4.95. The van der Waals surface area contributed by atoms with Gasteiger partial charge in [0, 0.05) is 55.7 Å². The molecule has 0 bridgehead atoms. The van der Waals surface area contributed by atoms with E-state index in [0.29, 0.717) is 5.92 Å². The van der Waals surface area contributed by atoms with Crippen molar-refractivity contribution >= 4 is 5.69 Å². The summed E-state index contributed by atoms with van der Waals surface area (Å²) in [5.41, 5.74) is 6.50. The lowest BCUT2D eigenvalue weighted by Gasteiger charge is -2.34. The molecule has 2 heterocycles. The highest BCUT2D eigenvalue weighted by molar-refractivity contribution is 5.49. The average Bonchev–Trinajstić information content (AvgIpc) is 2.66. The molecule has 1 N–H and O–H groups in total. The molecule has 1 aromatic heterocycles. The van der Waals surface area contributed by atoms with Gasteiger partial charge in [-0.05, 0) is 70.1 Å². The van der Waals surface area contributed by atoms with Gasteiger partial charge < -0.3 is 15.1 Å². The van der Waals surface area contributed by atoms with Crippen LogP contribution in [0.4, 0.5) is 5.69 Å². The van der Waals surface area contributed by atoms with E-state index >= 15 is 0 Å².